The standard InChI is InChI=1S/C13H24O2/c1-3-11(2)13(14)15-10-9-12-7-5-4-6-8-12/h11-12H,3-10H2,1-2H3. The van der Waals surface area contributed by atoms with Crippen LogP contribution < -0.4 is 0 Å². The number of hydrogen-bond acceptors (Lipinski definition) is 2. The Kier molecular flexibility index (Phi) is 5.74. The summed E-state index contributed by atoms with van der Waals surface area (Å²) in [6.45, 7) is 4.59. The van der Waals surface area contributed by atoms with Crippen LogP contribution in [-0.4, -0.2) is 12.6 Å². The lowest BCUT2D eigenvalue weighted by Crippen LogP contribution is -2.17. The third-order valence-electron chi connectivity index (χ3n) is 3.51. The second kappa shape index (κ2) is 6.86. The molecule has 1 aliphatic carbocycles. The fraction of sp³-hybridized carbons (Fsp3) is 0.923. The molecule has 0 bridgehead atoms. The fourth-order valence-electron chi connectivity index (χ4n) is 2.11. The summed E-state index contributed by atoms with van der Waals surface area (Å²) in [5.74, 6) is 0.855. The van der Waals surface area contributed by atoms with Crippen molar-refractivity contribution in [1.29, 1.82) is 0 Å². The molecule has 0 aromatic carbocycles. The Morgan fingerprint density at radius 1 is 1.33 bits per heavy atom. The second-order valence-electron chi connectivity index (χ2n) is 4.77. The smallest absolute Gasteiger partial charge is 0.308 e. The summed E-state index contributed by atoms with van der Waals surface area (Å²) in [6, 6.07) is 0. The van der Waals surface area contributed by atoms with Crippen molar-refractivity contribution in [3.63, 3.8) is 0 Å². The summed E-state index contributed by atoms with van der Waals surface area (Å²) >= 11 is 0. The Hall–Kier alpha value is -0.530. The zero-order valence-electron chi connectivity index (χ0n) is 10.1. The SMILES string of the molecule is CCC(C)C(=O)OCCC1CCCCC1. The molecule has 1 fully saturated rings. The molecule has 0 amide bonds. The summed E-state index contributed by atoms with van der Waals surface area (Å²) in [6.07, 6.45) is 8.74. The van der Waals surface area contributed by atoms with Gasteiger partial charge in [-0.05, 0) is 18.8 Å². The predicted octanol–water partition coefficient (Wildman–Crippen LogP) is 3.55. The fourth-order valence-corrected chi connectivity index (χ4v) is 2.11. The van der Waals surface area contributed by atoms with Gasteiger partial charge in [0.05, 0.1) is 12.5 Å². The molecule has 88 valence electrons. The largest absolute Gasteiger partial charge is 0.465 e. The van der Waals surface area contributed by atoms with E-state index in [4.69, 9.17) is 4.74 Å². The zero-order valence-corrected chi connectivity index (χ0v) is 10.1. The van der Waals surface area contributed by atoms with Crippen molar-refractivity contribution in [3.05, 3.63) is 0 Å². The molecular formula is C13H24O2. The number of ether oxygens (including phenoxy) is 1. The summed E-state index contributed by atoms with van der Waals surface area (Å²) in [4.78, 5) is 11.4. The highest BCUT2D eigenvalue weighted by Gasteiger charge is 2.15. The first-order valence-corrected chi connectivity index (χ1v) is 6.40. The van der Waals surface area contributed by atoms with Gasteiger partial charge in [-0.15, -0.1) is 0 Å². The summed E-state index contributed by atoms with van der Waals surface area (Å²) in [5, 5.41) is 0. The van der Waals surface area contributed by atoms with Crippen LogP contribution in [0.2, 0.25) is 0 Å². The molecule has 1 saturated carbocycles. The molecule has 0 heterocycles. The van der Waals surface area contributed by atoms with Crippen LogP contribution in [0.5, 0.6) is 0 Å². The first-order valence-electron chi connectivity index (χ1n) is 6.40. The van der Waals surface area contributed by atoms with E-state index in [1.807, 2.05) is 13.8 Å². The van der Waals surface area contributed by atoms with E-state index in [9.17, 15) is 4.79 Å². The first kappa shape index (κ1) is 12.5. The summed E-state index contributed by atoms with van der Waals surface area (Å²) in [7, 11) is 0. The van der Waals surface area contributed by atoms with Crippen molar-refractivity contribution in [1.82, 2.24) is 0 Å². The minimum Gasteiger partial charge on any atom is -0.465 e. The molecule has 1 atom stereocenters. The third kappa shape index (κ3) is 4.67. The third-order valence-corrected chi connectivity index (χ3v) is 3.51. The Morgan fingerprint density at radius 3 is 2.60 bits per heavy atom. The average molecular weight is 212 g/mol. The minimum absolute atomic E-state index is 0.0201. The molecular weight excluding hydrogens is 188 g/mol. The number of esters is 1. The van der Waals surface area contributed by atoms with E-state index in [0.29, 0.717) is 6.61 Å². The van der Waals surface area contributed by atoms with Gasteiger partial charge >= 0.3 is 5.97 Å². The van der Waals surface area contributed by atoms with Crippen molar-refractivity contribution >= 4 is 5.97 Å². The van der Waals surface area contributed by atoms with Gasteiger partial charge in [0.15, 0.2) is 0 Å². The average Bonchev–Trinajstić information content (AvgIpc) is 2.29. The quantitative estimate of drug-likeness (QED) is 0.651. The number of carbonyl (C=O) groups is 1. The molecule has 2 nitrogen and oxygen atoms in total. The van der Waals surface area contributed by atoms with Gasteiger partial charge in [0.2, 0.25) is 0 Å². The van der Waals surface area contributed by atoms with Gasteiger partial charge < -0.3 is 4.74 Å². The van der Waals surface area contributed by atoms with E-state index in [2.05, 4.69) is 0 Å². The Labute approximate surface area is 93.4 Å². The highest BCUT2D eigenvalue weighted by molar-refractivity contribution is 5.71. The highest BCUT2D eigenvalue weighted by Crippen LogP contribution is 2.26. The Morgan fingerprint density at radius 2 is 2.00 bits per heavy atom. The maximum Gasteiger partial charge on any atom is 0.308 e. The summed E-state index contributed by atoms with van der Waals surface area (Å²) in [5.41, 5.74) is 0. The molecule has 2 heteroatoms. The Bertz CT molecular complexity index is 183. The highest BCUT2D eigenvalue weighted by atomic mass is 16.5. The number of carbonyl (C=O) groups excluding carboxylic acids is 1. The van der Waals surface area contributed by atoms with Gasteiger partial charge in [-0.2, -0.15) is 0 Å². The Balaban J connectivity index is 2.07. The lowest BCUT2D eigenvalue weighted by atomic mass is 9.87. The van der Waals surface area contributed by atoms with E-state index >= 15 is 0 Å². The lowest BCUT2D eigenvalue weighted by Gasteiger charge is -2.21. The van der Waals surface area contributed by atoms with Gasteiger partial charge in [0, 0.05) is 0 Å². The number of hydrogen-bond donors (Lipinski definition) is 0. The monoisotopic (exact) mass is 212 g/mol. The molecule has 1 rings (SSSR count). The van der Waals surface area contributed by atoms with Crippen LogP contribution in [0.25, 0.3) is 0 Å². The van der Waals surface area contributed by atoms with Gasteiger partial charge in [-0.1, -0.05) is 46.0 Å². The normalized spacial score (nSPS) is 19.9. The summed E-state index contributed by atoms with van der Waals surface area (Å²) < 4.78 is 5.26. The van der Waals surface area contributed by atoms with Crippen LogP contribution in [0.4, 0.5) is 0 Å². The predicted molar refractivity (Wildman–Crippen MR) is 61.6 cm³/mol. The minimum atomic E-state index is -0.0201. The van der Waals surface area contributed by atoms with Gasteiger partial charge in [-0.25, -0.2) is 0 Å². The topological polar surface area (TPSA) is 26.3 Å². The maximum atomic E-state index is 11.4. The van der Waals surface area contributed by atoms with E-state index in [0.717, 1.165) is 18.8 Å². The molecule has 0 N–H and O–H groups in total. The second-order valence-corrected chi connectivity index (χ2v) is 4.77. The molecule has 1 unspecified atom stereocenters. The molecule has 1 aliphatic rings. The van der Waals surface area contributed by atoms with Crippen molar-refractivity contribution in [3.8, 4) is 0 Å². The van der Waals surface area contributed by atoms with Crippen LogP contribution in [-0.2, 0) is 9.53 Å². The molecule has 0 radical (unpaired) electrons. The van der Waals surface area contributed by atoms with Gasteiger partial charge in [0.25, 0.3) is 0 Å². The van der Waals surface area contributed by atoms with E-state index in [-0.39, 0.29) is 11.9 Å². The lowest BCUT2D eigenvalue weighted by molar-refractivity contribution is -0.148. The molecule has 15 heavy (non-hydrogen) atoms. The zero-order chi connectivity index (χ0) is 11.1. The van der Waals surface area contributed by atoms with Crippen LogP contribution in [0.3, 0.4) is 0 Å². The van der Waals surface area contributed by atoms with Crippen molar-refractivity contribution in [2.24, 2.45) is 11.8 Å². The van der Waals surface area contributed by atoms with E-state index < -0.39 is 0 Å². The molecule has 0 aromatic rings. The van der Waals surface area contributed by atoms with Crippen LogP contribution in [0.15, 0.2) is 0 Å². The molecule has 0 saturated heterocycles. The molecule has 0 aromatic heterocycles. The van der Waals surface area contributed by atoms with E-state index in [1.54, 1.807) is 0 Å². The van der Waals surface area contributed by atoms with Crippen LogP contribution in [0, 0.1) is 11.8 Å². The first-order chi connectivity index (χ1) is 7.24. The molecule has 0 aliphatic heterocycles. The van der Waals surface area contributed by atoms with Crippen molar-refractivity contribution in [2.45, 2.75) is 58.8 Å². The van der Waals surface area contributed by atoms with Crippen molar-refractivity contribution < 1.29 is 9.53 Å². The van der Waals surface area contributed by atoms with Crippen LogP contribution >= 0.6 is 0 Å². The number of rotatable bonds is 5. The maximum absolute atomic E-state index is 11.4. The van der Waals surface area contributed by atoms with Gasteiger partial charge in [0.1, 0.15) is 0 Å². The van der Waals surface area contributed by atoms with E-state index in [1.165, 1.54) is 32.1 Å². The molecule has 0 spiro atoms. The van der Waals surface area contributed by atoms with Crippen molar-refractivity contribution in [2.75, 3.05) is 6.61 Å². The van der Waals surface area contributed by atoms with Gasteiger partial charge in [-0.3, -0.25) is 4.79 Å². The van der Waals surface area contributed by atoms with Crippen LogP contribution in [0.1, 0.15) is 58.8 Å².